The van der Waals surface area contributed by atoms with E-state index < -0.39 is 0 Å². The van der Waals surface area contributed by atoms with Gasteiger partial charge in [-0.25, -0.2) is 39.9 Å². The van der Waals surface area contributed by atoms with Gasteiger partial charge in [0.1, 0.15) is 45.0 Å². The van der Waals surface area contributed by atoms with Crippen molar-refractivity contribution in [3.8, 4) is 89.0 Å². The van der Waals surface area contributed by atoms with E-state index in [1.165, 1.54) is 195 Å². The Morgan fingerprint density at radius 2 is 0.436 bits per heavy atom. The second-order valence-corrected chi connectivity index (χ2v) is 38.8. The number of hydrogen-bond acceptors (Lipinski definition) is 12. The van der Waals surface area contributed by atoms with Crippen LogP contribution < -0.4 is 0 Å². The highest BCUT2D eigenvalue weighted by atomic mass is 15.1. The summed E-state index contributed by atoms with van der Waals surface area (Å²) in [5.41, 5.74) is 62.3. The van der Waals surface area contributed by atoms with Gasteiger partial charge in [-0.3, -0.25) is 37.5 Å². The van der Waals surface area contributed by atoms with Crippen molar-refractivity contribution in [1.82, 2.24) is 77.4 Å². The summed E-state index contributed by atoms with van der Waals surface area (Å²) in [5, 5.41) is 10.9. The van der Waals surface area contributed by atoms with Crippen molar-refractivity contribution >= 4 is 154 Å². The van der Waals surface area contributed by atoms with E-state index in [9.17, 15) is 0 Å². The Bertz CT molecular complexity index is 9460. The summed E-state index contributed by atoms with van der Waals surface area (Å²) in [5.74, 6) is 0. The molecule has 36 rings (SSSR count). The standard InChI is InChI=1S/4C31H18N4/c1-2-6-20-17(5-1)13-18-14-25-19(15-24(18)20)16-26-21(25)9-10-27-29(26)35-30-22(7-4-12-33-30)28-23(31(35)34-27)8-3-11-32-28;1-2-6-20-17(5-1)13-18-14-25-19(15-24(18)20)16-26-21(25)9-10-27-29(26)35-30-23(8-4-12-33-30)22-7-3-11-32-28(22)31(35)34-27;1-2-5-20-17(4-1)12-18-13-25-19(14-24(18)20)15-26-21(25)7-8-28-29(26)35-30-23(6-3-10-33-30)22-9-11-32-16-27(22)31(35)34-28;1-2-5-20-17(4-1)12-18-13-25-19(14-24(18)20)15-26-21(25)7-8-28-29(26)35-30-22(6-3-10-33-30)27-16-32-11-9-23(27)31(35)34-28/h2*1-12,14-15H,13,16H2;2*1-11,13-14,16H,12,15H2. The molecule has 140 heavy (non-hydrogen) atoms. The molecule has 16 nitrogen and oxygen atoms in total. The molecule has 0 N–H and O–H groups in total. The van der Waals surface area contributed by atoms with E-state index in [2.05, 4.69) is 270 Å². The molecule has 0 saturated heterocycles. The lowest BCUT2D eigenvalue weighted by molar-refractivity contribution is 1.19. The predicted molar refractivity (Wildman–Crippen MR) is 559 cm³/mol. The van der Waals surface area contributed by atoms with E-state index in [0.717, 1.165) is 189 Å². The molecule has 8 aliphatic carbocycles. The Morgan fingerprint density at radius 3 is 0.836 bits per heavy atom. The summed E-state index contributed by atoms with van der Waals surface area (Å²) in [6, 6.07) is 101. The van der Waals surface area contributed by atoms with E-state index in [-0.39, 0.29) is 0 Å². The number of hydrogen-bond donors (Lipinski definition) is 0. The Morgan fingerprint density at radius 1 is 0.164 bits per heavy atom. The Balaban J connectivity index is 0.0000000829. The first-order chi connectivity index (χ1) is 69.4. The van der Waals surface area contributed by atoms with Crippen LogP contribution >= 0.6 is 0 Å². The molecule has 0 aliphatic heterocycles. The quantitative estimate of drug-likeness (QED) is 0.132. The average molecular weight is 1790 g/mol. The highest BCUT2D eigenvalue weighted by Crippen LogP contribution is 2.54. The fraction of sp³-hybridized carbons (Fsp3) is 0.0645. The molecule has 0 radical (unpaired) electrons. The number of fused-ring (bicyclic) bond motifs is 60. The number of aromatic nitrogens is 16. The first kappa shape index (κ1) is 75.1. The normalized spacial score (nSPS) is 13.5. The van der Waals surface area contributed by atoms with Crippen LogP contribution in [0.1, 0.15) is 89.0 Å². The molecule has 0 bridgehead atoms. The van der Waals surface area contributed by atoms with Crippen LogP contribution in [0.15, 0.2) is 341 Å². The van der Waals surface area contributed by atoms with Crippen LogP contribution in [-0.4, -0.2) is 77.4 Å². The average Bonchev–Trinajstić information content (AvgIpc) is 1.55. The molecular formula is C124H72N16. The zero-order valence-corrected chi connectivity index (χ0v) is 75.1. The molecule has 28 aromatic rings. The topological polar surface area (TPSA) is 172 Å². The van der Waals surface area contributed by atoms with Gasteiger partial charge in [-0.15, -0.1) is 0 Å². The summed E-state index contributed by atoms with van der Waals surface area (Å²) >= 11 is 0. The lowest BCUT2D eigenvalue weighted by Crippen LogP contribution is -1.96. The van der Waals surface area contributed by atoms with Gasteiger partial charge < -0.3 is 0 Å². The molecule has 0 amide bonds. The number of pyridine rings is 12. The van der Waals surface area contributed by atoms with Crippen molar-refractivity contribution in [1.29, 1.82) is 0 Å². The van der Waals surface area contributed by atoms with Gasteiger partial charge >= 0.3 is 0 Å². The fourth-order valence-electron chi connectivity index (χ4n) is 25.8. The van der Waals surface area contributed by atoms with Crippen LogP contribution in [0.4, 0.5) is 0 Å². The van der Waals surface area contributed by atoms with Gasteiger partial charge in [0, 0.05) is 136 Å². The minimum Gasteiger partial charge on any atom is -0.275 e. The van der Waals surface area contributed by atoms with Gasteiger partial charge in [0.25, 0.3) is 0 Å². The maximum absolute atomic E-state index is 5.12. The van der Waals surface area contributed by atoms with E-state index in [1.807, 2.05) is 98.4 Å². The molecule has 16 heterocycles. The number of rotatable bonds is 0. The molecule has 8 aliphatic rings. The van der Waals surface area contributed by atoms with Crippen LogP contribution in [-0.2, 0) is 51.4 Å². The van der Waals surface area contributed by atoms with Crippen LogP contribution in [0.2, 0.25) is 0 Å². The second-order valence-electron chi connectivity index (χ2n) is 38.8. The minimum atomic E-state index is 0.877. The predicted octanol–water partition coefficient (Wildman–Crippen LogP) is 26.9. The van der Waals surface area contributed by atoms with Crippen LogP contribution in [0.25, 0.3) is 243 Å². The first-order valence-electron chi connectivity index (χ1n) is 48.2. The van der Waals surface area contributed by atoms with Gasteiger partial charge in [0.15, 0.2) is 5.65 Å². The third kappa shape index (κ3) is 10.3. The maximum atomic E-state index is 5.12. The Hall–Kier alpha value is -18.3. The van der Waals surface area contributed by atoms with E-state index >= 15 is 0 Å². The van der Waals surface area contributed by atoms with Gasteiger partial charge in [0.05, 0.1) is 49.7 Å². The second kappa shape index (κ2) is 27.7. The summed E-state index contributed by atoms with van der Waals surface area (Å²) in [7, 11) is 0. The van der Waals surface area contributed by atoms with Crippen molar-refractivity contribution in [2.75, 3.05) is 0 Å². The molecule has 0 spiro atoms. The van der Waals surface area contributed by atoms with E-state index in [1.54, 1.807) is 0 Å². The summed E-state index contributed by atoms with van der Waals surface area (Å²) < 4.78 is 9.05. The fourth-order valence-corrected chi connectivity index (χ4v) is 25.8. The molecule has 0 unspecified atom stereocenters. The van der Waals surface area contributed by atoms with Gasteiger partial charge in [-0.1, -0.05) is 127 Å². The number of imidazole rings is 4. The van der Waals surface area contributed by atoms with Gasteiger partial charge in [0.2, 0.25) is 0 Å². The van der Waals surface area contributed by atoms with Crippen molar-refractivity contribution in [2.24, 2.45) is 0 Å². The summed E-state index contributed by atoms with van der Waals surface area (Å²) in [6.45, 7) is 0. The maximum Gasteiger partial charge on any atom is 0.166 e. The first-order valence-corrected chi connectivity index (χ1v) is 48.2. The summed E-state index contributed by atoms with van der Waals surface area (Å²) in [6.07, 6.45) is 26.4. The smallest absolute Gasteiger partial charge is 0.166 e. The zero-order chi connectivity index (χ0) is 90.7. The Labute approximate surface area is 796 Å². The molecule has 12 aromatic carbocycles. The molecular weight excluding hydrogens is 1710 g/mol. The largest absolute Gasteiger partial charge is 0.275 e. The van der Waals surface area contributed by atoms with E-state index in [0.29, 0.717) is 0 Å². The molecule has 0 saturated carbocycles. The minimum absolute atomic E-state index is 0.877. The van der Waals surface area contributed by atoms with Crippen molar-refractivity contribution in [3.05, 3.63) is 430 Å². The number of nitrogens with zero attached hydrogens (tertiary/aromatic N) is 16. The van der Waals surface area contributed by atoms with Crippen molar-refractivity contribution in [2.45, 2.75) is 51.4 Å². The highest BCUT2D eigenvalue weighted by Gasteiger charge is 2.36. The third-order valence-electron chi connectivity index (χ3n) is 31.7. The van der Waals surface area contributed by atoms with Crippen LogP contribution in [0.3, 0.4) is 0 Å². The molecule has 0 atom stereocenters. The molecule has 0 fully saturated rings. The van der Waals surface area contributed by atoms with E-state index in [4.69, 9.17) is 49.8 Å². The summed E-state index contributed by atoms with van der Waals surface area (Å²) in [4.78, 5) is 58.0. The van der Waals surface area contributed by atoms with Crippen LogP contribution in [0.5, 0.6) is 0 Å². The molecule has 16 aromatic heterocycles. The van der Waals surface area contributed by atoms with Crippen molar-refractivity contribution in [3.63, 3.8) is 0 Å². The lowest BCUT2D eigenvalue weighted by atomic mass is 9.98. The van der Waals surface area contributed by atoms with Crippen LogP contribution in [0, 0.1) is 0 Å². The van der Waals surface area contributed by atoms with Gasteiger partial charge in [-0.05, 0) is 361 Å². The molecule has 648 valence electrons. The third-order valence-corrected chi connectivity index (χ3v) is 31.7. The molecule has 16 heteroatoms. The van der Waals surface area contributed by atoms with Gasteiger partial charge in [-0.2, -0.15) is 0 Å². The SMILES string of the molecule is c1ccc2c(c1)Cc1cc3c(cc1-2)Cc1c-3ccc2nc3c4cccnc4c4cccnc4n3c12.c1ccc2c(c1)Cc1cc3c(cc1-2)Cc1c-3ccc2nc3c4ccncc4c4cccnc4n3c12.c1ccc2c(c1)Cc1cc3c(cc1-2)Cc1c-3ccc2nc3c4cnccc4c4cccnc4n3c12.c1ccc2c(c1)Cc1cc3c(cc1-2)Cc1c-3ccc2nc3c4ncccc4c4cccnc4n3c12. The Kier molecular flexibility index (Phi) is 14.9. The lowest BCUT2D eigenvalue weighted by Gasteiger charge is -2.09. The number of benzene rings is 12. The monoisotopic (exact) mass is 1780 g/mol. The zero-order valence-electron chi connectivity index (χ0n) is 75.1. The van der Waals surface area contributed by atoms with Crippen molar-refractivity contribution < 1.29 is 0 Å². The highest BCUT2D eigenvalue weighted by molar-refractivity contribution is 6.18.